The Morgan fingerprint density at radius 3 is 1.77 bits per heavy atom. The SMILES string of the molecule is CC(C)(C)c1ccc2c(c1)C1(c3cc(C(C)(C)C)ccc3-2)c2ccccc2-c2c(Nc3cccc4c3sc3ccc(-c5ccccc5)cc34)cccc21. The maximum Gasteiger partial charge on any atom is 0.0726 e. The van der Waals surface area contributed by atoms with Gasteiger partial charge in [-0.2, -0.15) is 0 Å². The summed E-state index contributed by atoms with van der Waals surface area (Å²) in [6.07, 6.45) is 0. The fourth-order valence-electron chi connectivity index (χ4n) is 9.12. The quantitative estimate of drug-likeness (QED) is 0.193. The highest BCUT2D eigenvalue weighted by Crippen LogP contribution is 2.64. The van der Waals surface area contributed by atoms with Gasteiger partial charge in [-0.3, -0.25) is 0 Å². The van der Waals surface area contributed by atoms with Crippen molar-refractivity contribution in [2.45, 2.75) is 57.8 Å². The molecule has 0 radical (unpaired) electrons. The van der Waals surface area contributed by atoms with Crippen molar-refractivity contribution in [2.75, 3.05) is 5.32 Å². The molecule has 258 valence electrons. The maximum atomic E-state index is 4.03. The standard InChI is InChI=1S/C51H43NS/c1-49(2,3)33-23-25-35-36-26-24-34(50(4,5)6)30-43(36)51(42(35)29-33)40-18-11-10-16-38(40)47-41(51)19-13-20-44(47)52-45-21-12-17-37-39-28-32(31-14-8-7-9-15-31)22-27-46(39)53-48(37)45/h7-30,52H,1-6H3. The lowest BCUT2D eigenvalue weighted by molar-refractivity contribution is 0.586. The summed E-state index contributed by atoms with van der Waals surface area (Å²) in [5.41, 5.74) is 18.0. The topological polar surface area (TPSA) is 12.0 Å². The smallest absolute Gasteiger partial charge is 0.0726 e. The van der Waals surface area contributed by atoms with E-state index in [9.17, 15) is 0 Å². The second-order valence-corrected chi connectivity index (χ2v) is 18.1. The molecule has 53 heavy (non-hydrogen) atoms. The van der Waals surface area contributed by atoms with Gasteiger partial charge in [0.05, 0.1) is 15.8 Å². The average molecular weight is 702 g/mol. The molecule has 1 heterocycles. The number of hydrogen-bond donors (Lipinski definition) is 1. The van der Waals surface area contributed by atoms with Crippen LogP contribution in [-0.4, -0.2) is 0 Å². The molecule has 2 aliphatic carbocycles. The minimum atomic E-state index is -0.422. The molecule has 0 amide bonds. The van der Waals surface area contributed by atoms with Crippen LogP contribution in [0.1, 0.15) is 74.9 Å². The Hall–Kier alpha value is -5.44. The predicted octanol–water partition coefficient (Wildman–Crippen LogP) is 14.4. The molecule has 1 N–H and O–H groups in total. The van der Waals surface area contributed by atoms with Crippen LogP contribution in [0.3, 0.4) is 0 Å². The lowest BCUT2D eigenvalue weighted by Crippen LogP contribution is -2.27. The Morgan fingerprint density at radius 2 is 1.08 bits per heavy atom. The molecule has 8 aromatic rings. The zero-order valence-corrected chi connectivity index (χ0v) is 32.1. The number of anilines is 2. The molecule has 1 aromatic heterocycles. The highest BCUT2D eigenvalue weighted by Gasteiger charge is 2.52. The summed E-state index contributed by atoms with van der Waals surface area (Å²) < 4.78 is 2.59. The van der Waals surface area contributed by atoms with E-state index in [1.54, 1.807) is 0 Å². The van der Waals surface area contributed by atoms with E-state index in [4.69, 9.17) is 0 Å². The van der Waals surface area contributed by atoms with Gasteiger partial charge >= 0.3 is 0 Å². The first-order valence-electron chi connectivity index (χ1n) is 18.8. The molecular formula is C51H43NS. The first kappa shape index (κ1) is 32.2. The van der Waals surface area contributed by atoms with Gasteiger partial charge in [0.2, 0.25) is 0 Å². The van der Waals surface area contributed by atoms with Crippen LogP contribution >= 0.6 is 11.3 Å². The summed E-state index contributed by atoms with van der Waals surface area (Å²) >= 11 is 1.88. The third-order valence-electron chi connectivity index (χ3n) is 11.8. The summed E-state index contributed by atoms with van der Waals surface area (Å²) in [5, 5.41) is 6.63. The van der Waals surface area contributed by atoms with Crippen LogP contribution in [0.4, 0.5) is 11.4 Å². The van der Waals surface area contributed by atoms with Crippen LogP contribution in [-0.2, 0) is 16.2 Å². The largest absolute Gasteiger partial charge is 0.354 e. The molecule has 10 rings (SSSR count). The summed E-state index contributed by atoms with van der Waals surface area (Å²) in [6.45, 7) is 14.0. The van der Waals surface area contributed by atoms with E-state index in [-0.39, 0.29) is 10.8 Å². The number of rotatable bonds is 3. The number of thiophene rings is 1. The van der Waals surface area contributed by atoms with Crippen molar-refractivity contribution in [2.24, 2.45) is 0 Å². The molecule has 0 saturated heterocycles. The van der Waals surface area contributed by atoms with Crippen LogP contribution in [0.25, 0.3) is 53.6 Å². The summed E-state index contributed by atoms with van der Waals surface area (Å²) in [7, 11) is 0. The van der Waals surface area contributed by atoms with Crippen molar-refractivity contribution < 1.29 is 0 Å². The van der Waals surface area contributed by atoms with Crippen LogP contribution in [0.5, 0.6) is 0 Å². The van der Waals surface area contributed by atoms with Crippen LogP contribution in [0.2, 0.25) is 0 Å². The minimum Gasteiger partial charge on any atom is -0.354 e. The lowest BCUT2D eigenvalue weighted by atomic mass is 9.69. The zero-order chi connectivity index (χ0) is 36.3. The first-order valence-corrected chi connectivity index (χ1v) is 19.7. The van der Waals surface area contributed by atoms with Gasteiger partial charge in [0.1, 0.15) is 0 Å². The van der Waals surface area contributed by atoms with E-state index in [0.717, 1.165) is 11.4 Å². The summed E-state index contributed by atoms with van der Waals surface area (Å²) in [5.74, 6) is 0. The fourth-order valence-corrected chi connectivity index (χ4v) is 10.3. The molecule has 0 aliphatic heterocycles. The number of fused-ring (bicyclic) bond motifs is 13. The third-order valence-corrected chi connectivity index (χ3v) is 13.0. The highest BCUT2D eigenvalue weighted by molar-refractivity contribution is 7.26. The van der Waals surface area contributed by atoms with Gasteiger partial charge in [-0.05, 0) is 96.3 Å². The second kappa shape index (κ2) is 11.3. The number of hydrogen-bond acceptors (Lipinski definition) is 2. The van der Waals surface area contributed by atoms with Gasteiger partial charge in [-0.1, -0.05) is 163 Å². The minimum absolute atomic E-state index is 0.0245. The molecule has 0 fully saturated rings. The molecule has 2 heteroatoms. The van der Waals surface area contributed by atoms with E-state index in [1.807, 2.05) is 11.3 Å². The highest BCUT2D eigenvalue weighted by atomic mass is 32.1. The van der Waals surface area contributed by atoms with Gasteiger partial charge in [0.15, 0.2) is 0 Å². The Bertz CT molecular complexity index is 2700. The Labute approximate surface area is 317 Å². The summed E-state index contributed by atoms with van der Waals surface area (Å²) in [4.78, 5) is 0. The van der Waals surface area contributed by atoms with Crippen molar-refractivity contribution >= 4 is 42.9 Å². The van der Waals surface area contributed by atoms with Crippen molar-refractivity contribution in [3.05, 3.63) is 179 Å². The Morgan fingerprint density at radius 1 is 0.453 bits per heavy atom. The molecule has 7 aromatic carbocycles. The number of nitrogens with one attached hydrogen (secondary N) is 1. The van der Waals surface area contributed by atoms with Gasteiger partial charge in [-0.15, -0.1) is 11.3 Å². The van der Waals surface area contributed by atoms with Crippen LogP contribution in [0, 0.1) is 0 Å². The van der Waals surface area contributed by atoms with Crippen LogP contribution < -0.4 is 5.32 Å². The maximum absolute atomic E-state index is 4.03. The molecule has 1 nitrogen and oxygen atoms in total. The Kier molecular flexibility index (Phi) is 6.86. The molecule has 0 saturated carbocycles. The van der Waals surface area contributed by atoms with Crippen molar-refractivity contribution in [1.82, 2.24) is 0 Å². The molecule has 0 atom stereocenters. The van der Waals surface area contributed by atoms with Crippen molar-refractivity contribution in [1.29, 1.82) is 0 Å². The fraction of sp³-hybridized carbons (Fsp3) is 0.176. The normalized spacial score (nSPS) is 14.0. The summed E-state index contributed by atoms with van der Waals surface area (Å²) in [6, 6.07) is 55.0. The molecule has 1 spiro atoms. The third kappa shape index (κ3) is 4.68. The molecule has 2 aliphatic rings. The zero-order valence-electron chi connectivity index (χ0n) is 31.3. The monoisotopic (exact) mass is 701 g/mol. The van der Waals surface area contributed by atoms with Gasteiger partial charge in [0.25, 0.3) is 0 Å². The first-order chi connectivity index (χ1) is 25.5. The van der Waals surface area contributed by atoms with E-state index in [2.05, 4.69) is 192 Å². The van der Waals surface area contributed by atoms with E-state index >= 15 is 0 Å². The second-order valence-electron chi connectivity index (χ2n) is 17.0. The van der Waals surface area contributed by atoms with Gasteiger partial charge in [-0.25, -0.2) is 0 Å². The number of benzene rings is 7. The van der Waals surface area contributed by atoms with E-state index in [1.165, 1.54) is 86.9 Å². The average Bonchev–Trinajstić information content (AvgIpc) is 3.78. The predicted molar refractivity (Wildman–Crippen MR) is 228 cm³/mol. The van der Waals surface area contributed by atoms with Crippen molar-refractivity contribution in [3.8, 4) is 33.4 Å². The molecule has 0 unspecified atom stereocenters. The van der Waals surface area contributed by atoms with Gasteiger partial charge < -0.3 is 5.32 Å². The molecule has 0 bridgehead atoms. The lowest BCUT2D eigenvalue weighted by Gasteiger charge is -2.33. The van der Waals surface area contributed by atoms with Gasteiger partial charge in [0, 0.05) is 26.7 Å². The Balaban J connectivity index is 1.20. The van der Waals surface area contributed by atoms with Crippen molar-refractivity contribution in [3.63, 3.8) is 0 Å². The van der Waals surface area contributed by atoms with E-state index in [0.29, 0.717) is 0 Å². The molecular weight excluding hydrogens is 659 g/mol. The van der Waals surface area contributed by atoms with Crippen LogP contribution in [0.15, 0.2) is 146 Å². The van der Waals surface area contributed by atoms with E-state index < -0.39 is 5.41 Å².